The zero-order valence-electron chi connectivity index (χ0n) is 19.6. The molecule has 0 spiro atoms. The highest BCUT2D eigenvalue weighted by Crippen LogP contribution is 2.36. The van der Waals surface area contributed by atoms with E-state index in [0.717, 1.165) is 37.3 Å². The van der Waals surface area contributed by atoms with Gasteiger partial charge in [0.15, 0.2) is 0 Å². The lowest BCUT2D eigenvalue weighted by atomic mass is 9.87. The van der Waals surface area contributed by atoms with Gasteiger partial charge >= 0.3 is 5.97 Å². The fraction of sp³-hybridized carbons (Fsp3) is 0.481. The Balaban J connectivity index is 1.50. The number of piperidine rings is 2. The van der Waals surface area contributed by atoms with E-state index in [4.69, 9.17) is 4.74 Å². The van der Waals surface area contributed by atoms with Gasteiger partial charge in [0, 0.05) is 43.9 Å². The van der Waals surface area contributed by atoms with Crippen LogP contribution in [0.15, 0.2) is 48.5 Å². The second-order valence-corrected chi connectivity index (χ2v) is 9.24. The number of hydrogen-bond acceptors (Lipinski definition) is 4. The second kappa shape index (κ2) is 11.1. The van der Waals surface area contributed by atoms with Gasteiger partial charge < -0.3 is 9.64 Å². The van der Waals surface area contributed by atoms with Crippen LogP contribution in [-0.2, 0) is 20.9 Å². The summed E-state index contributed by atoms with van der Waals surface area (Å²) in [4.78, 5) is 29.6. The average Bonchev–Trinajstić information content (AvgIpc) is 2.86. The highest BCUT2D eigenvalue weighted by Gasteiger charge is 2.37. The van der Waals surface area contributed by atoms with E-state index in [1.165, 1.54) is 12.1 Å². The fourth-order valence-corrected chi connectivity index (χ4v) is 5.23. The van der Waals surface area contributed by atoms with Crippen LogP contribution >= 0.6 is 0 Å². The minimum atomic E-state index is -0.603. The molecular weight excluding hydrogens is 438 g/mol. The third-order valence-electron chi connectivity index (χ3n) is 6.96. The molecule has 1 amide bonds. The number of carbonyl (C=O) groups excluding carboxylic acids is 2. The first-order valence-corrected chi connectivity index (χ1v) is 12.1. The van der Waals surface area contributed by atoms with Crippen molar-refractivity contribution in [1.82, 2.24) is 9.80 Å². The number of likely N-dealkylation sites (tertiary alicyclic amines) is 2. The summed E-state index contributed by atoms with van der Waals surface area (Å²) < 4.78 is 33.1. The van der Waals surface area contributed by atoms with Gasteiger partial charge in [0.25, 0.3) is 0 Å². The van der Waals surface area contributed by atoms with Crippen LogP contribution in [0, 0.1) is 23.5 Å². The van der Waals surface area contributed by atoms with Crippen molar-refractivity contribution in [2.24, 2.45) is 11.8 Å². The van der Waals surface area contributed by atoms with Crippen LogP contribution in [0.3, 0.4) is 0 Å². The standard InChI is InChI=1S/C27H32F2N2O3/c1-2-34-27(33)22-9-6-14-30(18-22)26(32)21-11-13-25(19-7-4-3-5-8-19)31(17-21)16-20-10-12-23(28)15-24(20)29/h3-5,7-8,10,12,15,21-22,25H,2,6,9,11,13-14,16-18H2,1H3/t21-,22+,25-/m0/s1. The Bertz CT molecular complexity index is 1000. The summed E-state index contributed by atoms with van der Waals surface area (Å²) >= 11 is 0. The molecule has 0 aromatic heterocycles. The van der Waals surface area contributed by atoms with Gasteiger partial charge in [0.05, 0.1) is 18.4 Å². The first-order valence-electron chi connectivity index (χ1n) is 12.1. The smallest absolute Gasteiger partial charge is 0.310 e. The fourth-order valence-electron chi connectivity index (χ4n) is 5.23. The van der Waals surface area contributed by atoms with Crippen LogP contribution in [0.5, 0.6) is 0 Å². The van der Waals surface area contributed by atoms with E-state index < -0.39 is 11.6 Å². The maximum atomic E-state index is 14.5. The minimum absolute atomic E-state index is 0.0448. The molecule has 7 heteroatoms. The van der Waals surface area contributed by atoms with Crippen molar-refractivity contribution >= 4 is 11.9 Å². The molecule has 2 saturated heterocycles. The molecule has 4 rings (SSSR count). The largest absolute Gasteiger partial charge is 0.466 e. The van der Waals surface area contributed by atoms with Crippen molar-refractivity contribution in [3.8, 4) is 0 Å². The van der Waals surface area contributed by atoms with E-state index in [1.807, 2.05) is 18.2 Å². The van der Waals surface area contributed by atoms with Crippen LogP contribution in [-0.4, -0.2) is 47.9 Å². The summed E-state index contributed by atoms with van der Waals surface area (Å²) in [5, 5.41) is 0. The quantitative estimate of drug-likeness (QED) is 0.574. The summed E-state index contributed by atoms with van der Waals surface area (Å²) in [7, 11) is 0. The molecular formula is C27H32F2N2O3. The molecule has 5 nitrogen and oxygen atoms in total. The summed E-state index contributed by atoms with van der Waals surface area (Å²) in [6.45, 7) is 3.93. The molecule has 2 aromatic rings. The number of ether oxygens (including phenoxy) is 1. The van der Waals surface area contributed by atoms with Crippen molar-refractivity contribution in [2.75, 3.05) is 26.2 Å². The molecule has 2 aliphatic rings. The van der Waals surface area contributed by atoms with E-state index in [9.17, 15) is 18.4 Å². The number of benzene rings is 2. The normalized spacial score (nSPS) is 23.5. The molecule has 0 unspecified atom stereocenters. The maximum absolute atomic E-state index is 14.5. The third kappa shape index (κ3) is 5.63. The predicted octanol–water partition coefficient (Wildman–Crippen LogP) is 4.72. The molecule has 0 aliphatic carbocycles. The molecule has 2 heterocycles. The van der Waals surface area contributed by atoms with E-state index in [1.54, 1.807) is 11.8 Å². The summed E-state index contributed by atoms with van der Waals surface area (Å²) in [6, 6.07) is 13.7. The molecule has 0 radical (unpaired) electrons. The van der Waals surface area contributed by atoms with Gasteiger partial charge in [-0.1, -0.05) is 36.4 Å². The molecule has 0 N–H and O–H groups in total. The molecule has 0 saturated carbocycles. The van der Waals surface area contributed by atoms with Gasteiger partial charge in [0.2, 0.25) is 5.91 Å². The van der Waals surface area contributed by atoms with Gasteiger partial charge in [-0.25, -0.2) is 8.78 Å². The summed E-state index contributed by atoms with van der Waals surface area (Å²) in [5.74, 6) is -1.87. The first kappa shape index (κ1) is 24.3. The lowest BCUT2D eigenvalue weighted by Gasteiger charge is -2.42. The Kier molecular flexibility index (Phi) is 7.93. The number of carbonyl (C=O) groups is 2. The number of esters is 1. The average molecular weight is 471 g/mol. The second-order valence-electron chi connectivity index (χ2n) is 9.24. The van der Waals surface area contributed by atoms with Gasteiger partial charge in [-0.2, -0.15) is 0 Å². The molecule has 3 atom stereocenters. The van der Waals surface area contributed by atoms with Crippen LogP contribution in [0.25, 0.3) is 0 Å². The Morgan fingerprint density at radius 2 is 1.79 bits per heavy atom. The number of hydrogen-bond donors (Lipinski definition) is 0. The number of halogens is 2. The Morgan fingerprint density at radius 3 is 2.53 bits per heavy atom. The number of nitrogens with zero attached hydrogens (tertiary/aromatic N) is 2. The number of amides is 1. The Labute approximate surface area is 199 Å². The highest BCUT2D eigenvalue weighted by atomic mass is 19.1. The van der Waals surface area contributed by atoms with E-state index in [2.05, 4.69) is 17.0 Å². The van der Waals surface area contributed by atoms with Gasteiger partial charge in [0.1, 0.15) is 11.6 Å². The van der Waals surface area contributed by atoms with Crippen LogP contribution in [0.1, 0.15) is 49.8 Å². The third-order valence-corrected chi connectivity index (χ3v) is 6.96. The van der Waals surface area contributed by atoms with Crippen molar-refractivity contribution < 1.29 is 23.1 Å². The zero-order chi connectivity index (χ0) is 24.1. The van der Waals surface area contributed by atoms with E-state index >= 15 is 0 Å². The SMILES string of the molecule is CCOC(=O)[C@@H]1CCCN(C(=O)[C@H]2CC[C@@H](c3ccccc3)N(Cc3ccc(F)cc3F)C2)C1. The minimum Gasteiger partial charge on any atom is -0.466 e. The van der Waals surface area contributed by atoms with Crippen molar-refractivity contribution in [3.63, 3.8) is 0 Å². The van der Waals surface area contributed by atoms with Crippen LogP contribution in [0.2, 0.25) is 0 Å². The molecule has 34 heavy (non-hydrogen) atoms. The van der Waals surface area contributed by atoms with E-state index in [-0.39, 0.29) is 29.8 Å². The highest BCUT2D eigenvalue weighted by molar-refractivity contribution is 5.81. The maximum Gasteiger partial charge on any atom is 0.310 e. The van der Waals surface area contributed by atoms with Gasteiger partial charge in [-0.15, -0.1) is 0 Å². The topological polar surface area (TPSA) is 49.9 Å². The van der Waals surface area contributed by atoms with Crippen LogP contribution in [0.4, 0.5) is 8.78 Å². The Morgan fingerprint density at radius 1 is 1.00 bits per heavy atom. The van der Waals surface area contributed by atoms with Gasteiger partial charge in [-0.3, -0.25) is 14.5 Å². The van der Waals surface area contributed by atoms with E-state index in [0.29, 0.717) is 38.3 Å². The summed E-state index contributed by atoms with van der Waals surface area (Å²) in [5.41, 5.74) is 1.53. The lowest BCUT2D eigenvalue weighted by molar-refractivity contribution is -0.152. The Hall–Kier alpha value is -2.80. The van der Waals surface area contributed by atoms with Gasteiger partial charge in [-0.05, 0) is 44.2 Å². The molecule has 182 valence electrons. The number of rotatable bonds is 6. The summed E-state index contributed by atoms with van der Waals surface area (Å²) in [6.07, 6.45) is 3.00. The molecule has 2 aliphatic heterocycles. The molecule has 2 fully saturated rings. The molecule has 0 bridgehead atoms. The first-order chi connectivity index (χ1) is 16.5. The molecule has 2 aromatic carbocycles. The lowest BCUT2D eigenvalue weighted by Crippen LogP contribution is -2.49. The zero-order valence-corrected chi connectivity index (χ0v) is 19.6. The van der Waals surface area contributed by atoms with Crippen molar-refractivity contribution in [1.29, 1.82) is 0 Å². The van der Waals surface area contributed by atoms with Crippen molar-refractivity contribution in [2.45, 2.75) is 45.2 Å². The van der Waals surface area contributed by atoms with Crippen LogP contribution < -0.4 is 0 Å². The predicted molar refractivity (Wildman–Crippen MR) is 125 cm³/mol. The van der Waals surface area contributed by atoms with Crippen molar-refractivity contribution in [3.05, 3.63) is 71.3 Å². The monoisotopic (exact) mass is 470 g/mol.